The molecule has 4 rings (SSSR count). The normalized spacial score (nSPS) is 34.9. The smallest absolute Gasteiger partial charge is 0.407 e. The zero-order valence-corrected chi connectivity index (χ0v) is 19.3. The maximum atomic E-state index is 12.3. The minimum absolute atomic E-state index is 0.00710. The fourth-order valence-corrected chi connectivity index (χ4v) is 6.48. The van der Waals surface area contributed by atoms with Crippen LogP contribution in [0.5, 0.6) is 0 Å². The topological polar surface area (TPSA) is 83.1 Å². The first-order chi connectivity index (χ1) is 15.5. The Labute approximate surface area is 190 Å². The third-order valence-corrected chi connectivity index (χ3v) is 8.07. The number of carbonyl (C=O) groups is 2. The van der Waals surface area contributed by atoms with Crippen molar-refractivity contribution in [2.75, 3.05) is 27.6 Å². The Hall–Kier alpha value is -2.28. The molecule has 7 heteroatoms. The highest BCUT2D eigenvalue weighted by atomic mass is 16.7. The van der Waals surface area contributed by atoms with Gasteiger partial charge in [0.2, 0.25) is 0 Å². The third-order valence-electron chi connectivity index (χ3n) is 8.07. The summed E-state index contributed by atoms with van der Waals surface area (Å²) in [6.07, 6.45) is 13.8. The molecule has 0 aromatic heterocycles. The van der Waals surface area contributed by atoms with Gasteiger partial charge in [-0.1, -0.05) is 19.1 Å². The van der Waals surface area contributed by atoms with E-state index >= 15 is 0 Å². The Kier molecular flexibility index (Phi) is 6.93. The van der Waals surface area contributed by atoms with Crippen molar-refractivity contribution in [3.8, 4) is 0 Å². The summed E-state index contributed by atoms with van der Waals surface area (Å²) in [5.41, 5.74) is 1.37. The molecule has 0 aromatic rings. The monoisotopic (exact) mass is 445 g/mol. The first-order valence-electron chi connectivity index (χ1n) is 11.7. The van der Waals surface area contributed by atoms with Gasteiger partial charge in [0.15, 0.2) is 6.79 Å². The predicted molar refractivity (Wildman–Crippen MR) is 118 cm³/mol. The SMILES string of the molecule is COCOC1=CC2=CC[C@@H]3[C@H](CC[C@]4(C)[C@@H](OC(=O)NCCC(=O)OC)CC[C@@H]34)[C@H]2C=C1. The van der Waals surface area contributed by atoms with E-state index in [1.807, 2.05) is 0 Å². The average molecular weight is 446 g/mol. The van der Waals surface area contributed by atoms with Crippen molar-refractivity contribution in [3.05, 3.63) is 35.6 Å². The molecule has 0 unspecified atom stereocenters. The van der Waals surface area contributed by atoms with Crippen LogP contribution in [0.2, 0.25) is 0 Å². The van der Waals surface area contributed by atoms with Gasteiger partial charge in [0, 0.05) is 25.0 Å². The minimum atomic E-state index is -0.433. The number of nitrogens with one attached hydrogen (secondary N) is 1. The molecule has 0 spiro atoms. The molecule has 0 aliphatic heterocycles. The lowest BCUT2D eigenvalue weighted by molar-refractivity contribution is -0.140. The van der Waals surface area contributed by atoms with E-state index in [4.69, 9.17) is 14.2 Å². The Morgan fingerprint density at radius 2 is 2.03 bits per heavy atom. The number of methoxy groups -OCH3 is 2. The molecule has 4 aliphatic carbocycles. The molecule has 4 aliphatic rings. The number of hydrogen-bond donors (Lipinski definition) is 1. The number of hydrogen-bond acceptors (Lipinski definition) is 6. The van der Waals surface area contributed by atoms with Gasteiger partial charge in [-0.15, -0.1) is 0 Å². The van der Waals surface area contributed by atoms with Gasteiger partial charge in [0.1, 0.15) is 11.9 Å². The van der Waals surface area contributed by atoms with E-state index in [1.54, 1.807) is 7.11 Å². The van der Waals surface area contributed by atoms with Crippen LogP contribution in [0, 0.1) is 29.1 Å². The summed E-state index contributed by atoms with van der Waals surface area (Å²) < 4.78 is 21.1. The number of amides is 1. The van der Waals surface area contributed by atoms with Crippen LogP contribution in [0.4, 0.5) is 4.79 Å². The number of ether oxygens (including phenoxy) is 4. The van der Waals surface area contributed by atoms with Crippen molar-refractivity contribution < 1.29 is 28.5 Å². The summed E-state index contributed by atoms with van der Waals surface area (Å²) in [5, 5.41) is 2.69. The highest BCUT2D eigenvalue weighted by Crippen LogP contribution is 2.61. The molecule has 176 valence electrons. The van der Waals surface area contributed by atoms with Crippen LogP contribution in [0.15, 0.2) is 35.6 Å². The van der Waals surface area contributed by atoms with Gasteiger partial charge in [-0.05, 0) is 67.6 Å². The molecule has 0 bridgehead atoms. The van der Waals surface area contributed by atoms with Gasteiger partial charge in [0.25, 0.3) is 0 Å². The van der Waals surface area contributed by atoms with Gasteiger partial charge < -0.3 is 24.3 Å². The second-order valence-corrected chi connectivity index (χ2v) is 9.63. The summed E-state index contributed by atoms with van der Waals surface area (Å²) in [6, 6.07) is 0. The Balaban J connectivity index is 1.38. The van der Waals surface area contributed by atoms with E-state index < -0.39 is 6.09 Å². The Morgan fingerprint density at radius 1 is 1.19 bits per heavy atom. The number of carbonyl (C=O) groups excluding carboxylic acids is 2. The van der Waals surface area contributed by atoms with Crippen molar-refractivity contribution in [1.29, 1.82) is 0 Å². The largest absolute Gasteiger partial charge is 0.469 e. The lowest BCUT2D eigenvalue weighted by Crippen LogP contribution is -2.47. The van der Waals surface area contributed by atoms with Crippen LogP contribution < -0.4 is 5.32 Å². The van der Waals surface area contributed by atoms with Crippen LogP contribution in [-0.2, 0) is 23.7 Å². The maximum absolute atomic E-state index is 12.3. The zero-order chi connectivity index (χ0) is 22.7. The van der Waals surface area contributed by atoms with E-state index in [2.05, 4.69) is 41.3 Å². The Morgan fingerprint density at radius 3 is 2.81 bits per heavy atom. The van der Waals surface area contributed by atoms with Crippen LogP contribution in [0.1, 0.15) is 45.4 Å². The molecule has 32 heavy (non-hydrogen) atoms. The summed E-state index contributed by atoms with van der Waals surface area (Å²) >= 11 is 0. The van der Waals surface area contributed by atoms with Crippen molar-refractivity contribution in [2.45, 2.75) is 51.6 Å². The second kappa shape index (κ2) is 9.69. The zero-order valence-electron chi connectivity index (χ0n) is 19.3. The predicted octanol–water partition coefficient (Wildman–Crippen LogP) is 4.11. The quantitative estimate of drug-likeness (QED) is 0.469. The highest BCUT2D eigenvalue weighted by molar-refractivity contribution is 5.71. The van der Waals surface area contributed by atoms with Crippen molar-refractivity contribution in [3.63, 3.8) is 0 Å². The number of fused-ring (bicyclic) bond motifs is 5. The van der Waals surface area contributed by atoms with Crippen molar-refractivity contribution in [1.82, 2.24) is 5.32 Å². The summed E-state index contributed by atoms with van der Waals surface area (Å²) in [6.45, 7) is 2.80. The summed E-state index contributed by atoms with van der Waals surface area (Å²) in [4.78, 5) is 23.6. The second-order valence-electron chi connectivity index (χ2n) is 9.63. The molecule has 0 radical (unpaired) electrons. The lowest BCUT2D eigenvalue weighted by atomic mass is 9.54. The van der Waals surface area contributed by atoms with Crippen LogP contribution >= 0.6 is 0 Å². The molecular weight excluding hydrogens is 410 g/mol. The molecule has 6 atom stereocenters. The van der Waals surface area contributed by atoms with Crippen LogP contribution in [0.3, 0.4) is 0 Å². The molecular formula is C25H35NO6. The van der Waals surface area contributed by atoms with Crippen molar-refractivity contribution in [2.24, 2.45) is 29.1 Å². The molecule has 7 nitrogen and oxygen atoms in total. The summed E-state index contributed by atoms with van der Waals surface area (Å²) in [7, 11) is 2.97. The molecule has 2 fully saturated rings. The van der Waals surface area contributed by atoms with Crippen molar-refractivity contribution >= 4 is 12.1 Å². The van der Waals surface area contributed by atoms with E-state index in [9.17, 15) is 9.59 Å². The Bertz CT molecular complexity index is 817. The number of alkyl carbamates (subject to hydrolysis) is 1. The standard InChI is InChI=1S/C25H35NO6/c1-25-12-10-19-18-7-5-17(31-15-29-2)14-16(18)4-6-20(19)21(25)8-9-22(25)32-24(28)26-13-11-23(27)30-3/h4-5,7,14,18-22H,6,8-13,15H2,1-3H3,(H,26,28)/t18-,19+,20+,21-,22-,25-/m0/s1. The van der Waals surface area contributed by atoms with E-state index in [0.717, 1.165) is 37.9 Å². The van der Waals surface area contributed by atoms with Gasteiger partial charge in [-0.3, -0.25) is 4.79 Å². The van der Waals surface area contributed by atoms with Gasteiger partial charge in [0.05, 0.1) is 13.5 Å². The lowest BCUT2D eigenvalue weighted by Gasteiger charge is -2.51. The first-order valence-corrected chi connectivity index (χ1v) is 11.7. The van der Waals surface area contributed by atoms with E-state index in [1.165, 1.54) is 12.7 Å². The number of esters is 1. The van der Waals surface area contributed by atoms with E-state index in [-0.39, 0.29) is 37.2 Å². The summed E-state index contributed by atoms with van der Waals surface area (Å²) in [5.74, 6) is 2.74. The van der Waals surface area contributed by atoms with Crippen LogP contribution in [0.25, 0.3) is 0 Å². The minimum Gasteiger partial charge on any atom is -0.469 e. The average Bonchev–Trinajstić information content (AvgIpc) is 3.13. The molecule has 2 saturated carbocycles. The number of allylic oxidation sites excluding steroid dienone is 5. The molecule has 0 aromatic carbocycles. The van der Waals surface area contributed by atoms with Gasteiger partial charge in [-0.2, -0.15) is 0 Å². The first kappa shape index (κ1) is 22.9. The molecule has 1 amide bonds. The van der Waals surface area contributed by atoms with E-state index in [0.29, 0.717) is 23.7 Å². The molecule has 0 heterocycles. The third kappa shape index (κ3) is 4.45. The number of rotatable bonds is 7. The molecule has 0 saturated heterocycles. The van der Waals surface area contributed by atoms with Gasteiger partial charge in [-0.25, -0.2) is 4.79 Å². The highest BCUT2D eigenvalue weighted by Gasteiger charge is 2.56. The van der Waals surface area contributed by atoms with Gasteiger partial charge >= 0.3 is 12.1 Å². The van der Waals surface area contributed by atoms with Crippen LogP contribution in [-0.4, -0.2) is 45.7 Å². The maximum Gasteiger partial charge on any atom is 0.407 e. The molecule has 1 N–H and O–H groups in total. The fourth-order valence-electron chi connectivity index (χ4n) is 6.48. The fraction of sp³-hybridized carbons (Fsp3) is 0.680.